The molecule has 0 unspecified atom stereocenters. The molecule has 0 aliphatic heterocycles. The van der Waals surface area contributed by atoms with Gasteiger partial charge in [0.2, 0.25) is 0 Å². The van der Waals surface area contributed by atoms with Crippen molar-refractivity contribution in [3.05, 3.63) is 35.4 Å². The number of nitrogens with one attached hydrogen (secondary N) is 1. The normalized spacial score (nSPS) is 19.9. The molecule has 0 saturated heterocycles. The first-order valence-electron chi connectivity index (χ1n) is 7.34. The van der Waals surface area contributed by atoms with Crippen LogP contribution in [0.4, 0.5) is 0 Å². The van der Waals surface area contributed by atoms with E-state index in [0.29, 0.717) is 5.41 Å². The zero-order valence-corrected chi connectivity index (χ0v) is 12.1. The number of benzene rings is 1. The van der Waals surface area contributed by atoms with E-state index < -0.39 is 0 Å². The van der Waals surface area contributed by atoms with Gasteiger partial charge in [0.1, 0.15) is 0 Å². The molecule has 2 rings (SSSR count). The molecule has 1 fully saturated rings. The monoisotopic (exact) mass is 245 g/mol. The molecular formula is C17H27N. The van der Waals surface area contributed by atoms with Gasteiger partial charge >= 0.3 is 0 Å². The van der Waals surface area contributed by atoms with Gasteiger partial charge in [0.05, 0.1) is 0 Å². The summed E-state index contributed by atoms with van der Waals surface area (Å²) < 4.78 is 0. The second-order valence-corrected chi connectivity index (χ2v) is 6.53. The summed E-state index contributed by atoms with van der Waals surface area (Å²) >= 11 is 0. The molecule has 1 saturated carbocycles. The van der Waals surface area contributed by atoms with Crippen LogP contribution >= 0.6 is 0 Å². The van der Waals surface area contributed by atoms with E-state index in [1.807, 2.05) is 7.05 Å². The summed E-state index contributed by atoms with van der Waals surface area (Å²) in [6.45, 7) is 5.88. The average molecular weight is 245 g/mol. The van der Waals surface area contributed by atoms with Crippen molar-refractivity contribution in [3.63, 3.8) is 0 Å². The SMILES string of the molecule is CNCCc1ccc(C2CCC(C)(C)CC2)cc1. The Kier molecular flexibility index (Phi) is 4.45. The summed E-state index contributed by atoms with van der Waals surface area (Å²) in [5.74, 6) is 0.802. The predicted molar refractivity (Wildman–Crippen MR) is 79.1 cm³/mol. The lowest BCUT2D eigenvalue weighted by Crippen LogP contribution is -2.20. The zero-order valence-electron chi connectivity index (χ0n) is 12.1. The second kappa shape index (κ2) is 5.88. The van der Waals surface area contributed by atoms with Crippen molar-refractivity contribution in [2.45, 2.75) is 51.9 Å². The number of hydrogen-bond acceptors (Lipinski definition) is 1. The Labute approximate surface area is 112 Å². The molecule has 0 aromatic heterocycles. The molecule has 1 aliphatic rings. The predicted octanol–water partition coefficient (Wildman–Crippen LogP) is 4.13. The van der Waals surface area contributed by atoms with Crippen LogP contribution in [0, 0.1) is 5.41 Å². The van der Waals surface area contributed by atoms with Gasteiger partial charge in [-0.1, -0.05) is 38.1 Å². The molecule has 0 atom stereocenters. The Hall–Kier alpha value is -0.820. The summed E-state index contributed by atoms with van der Waals surface area (Å²) in [6, 6.07) is 9.33. The number of likely N-dealkylation sites (N-methyl/N-ethyl adjacent to an activating group) is 1. The van der Waals surface area contributed by atoms with Gasteiger partial charge in [-0.05, 0) is 68.2 Å². The molecule has 0 spiro atoms. The molecule has 18 heavy (non-hydrogen) atoms. The summed E-state index contributed by atoms with van der Waals surface area (Å²) in [5.41, 5.74) is 3.58. The maximum absolute atomic E-state index is 3.20. The quantitative estimate of drug-likeness (QED) is 0.841. The van der Waals surface area contributed by atoms with Gasteiger partial charge in [-0.15, -0.1) is 0 Å². The van der Waals surface area contributed by atoms with Crippen molar-refractivity contribution >= 4 is 0 Å². The summed E-state index contributed by atoms with van der Waals surface area (Å²) in [6.07, 6.45) is 6.61. The standard InChI is InChI=1S/C17H27N/c1-17(2)11-8-16(9-12-17)15-6-4-14(5-7-15)10-13-18-3/h4-7,16,18H,8-13H2,1-3H3. The molecule has 1 N–H and O–H groups in total. The smallest absolute Gasteiger partial charge is 0.00114 e. The Morgan fingerprint density at radius 1 is 1.11 bits per heavy atom. The van der Waals surface area contributed by atoms with Gasteiger partial charge in [0.25, 0.3) is 0 Å². The molecule has 0 bridgehead atoms. The molecule has 1 aromatic carbocycles. The van der Waals surface area contributed by atoms with E-state index in [1.54, 1.807) is 5.56 Å². The topological polar surface area (TPSA) is 12.0 Å². The Morgan fingerprint density at radius 3 is 2.28 bits per heavy atom. The molecule has 0 heterocycles. The van der Waals surface area contributed by atoms with Crippen LogP contribution in [0.2, 0.25) is 0 Å². The molecule has 1 heteroatoms. The van der Waals surface area contributed by atoms with Crippen molar-refractivity contribution in [2.75, 3.05) is 13.6 Å². The molecular weight excluding hydrogens is 218 g/mol. The highest BCUT2D eigenvalue weighted by molar-refractivity contribution is 5.26. The van der Waals surface area contributed by atoms with E-state index in [4.69, 9.17) is 0 Å². The third-order valence-corrected chi connectivity index (χ3v) is 4.45. The van der Waals surface area contributed by atoms with Gasteiger partial charge in [-0.2, -0.15) is 0 Å². The van der Waals surface area contributed by atoms with Gasteiger partial charge in [-0.25, -0.2) is 0 Å². The van der Waals surface area contributed by atoms with Crippen LogP contribution in [-0.4, -0.2) is 13.6 Å². The Balaban J connectivity index is 1.94. The Bertz CT molecular complexity index is 354. The second-order valence-electron chi connectivity index (χ2n) is 6.53. The lowest BCUT2D eigenvalue weighted by Gasteiger charge is -2.34. The van der Waals surface area contributed by atoms with E-state index in [1.165, 1.54) is 31.2 Å². The van der Waals surface area contributed by atoms with E-state index in [-0.39, 0.29) is 0 Å². The fourth-order valence-electron chi connectivity index (χ4n) is 2.96. The minimum Gasteiger partial charge on any atom is -0.319 e. The minimum atomic E-state index is 0.573. The van der Waals surface area contributed by atoms with Crippen molar-refractivity contribution in [1.29, 1.82) is 0 Å². The molecule has 100 valence electrons. The van der Waals surface area contributed by atoms with Crippen LogP contribution in [0.25, 0.3) is 0 Å². The van der Waals surface area contributed by atoms with Crippen molar-refractivity contribution in [3.8, 4) is 0 Å². The van der Waals surface area contributed by atoms with Gasteiger partial charge in [0.15, 0.2) is 0 Å². The van der Waals surface area contributed by atoms with E-state index >= 15 is 0 Å². The Morgan fingerprint density at radius 2 is 1.72 bits per heavy atom. The third kappa shape index (κ3) is 3.58. The molecule has 0 radical (unpaired) electrons. The van der Waals surface area contributed by atoms with E-state index in [0.717, 1.165) is 18.9 Å². The molecule has 0 amide bonds. The van der Waals surface area contributed by atoms with Crippen LogP contribution in [0.3, 0.4) is 0 Å². The van der Waals surface area contributed by atoms with Crippen LogP contribution in [-0.2, 0) is 6.42 Å². The highest BCUT2D eigenvalue weighted by Crippen LogP contribution is 2.42. The van der Waals surface area contributed by atoms with Gasteiger partial charge in [0, 0.05) is 0 Å². The van der Waals surface area contributed by atoms with Crippen LogP contribution in [0.15, 0.2) is 24.3 Å². The minimum absolute atomic E-state index is 0.573. The average Bonchev–Trinajstić information content (AvgIpc) is 2.37. The summed E-state index contributed by atoms with van der Waals surface area (Å²) in [5, 5.41) is 3.20. The molecule has 1 aliphatic carbocycles. The summed E-state index contributed by atoms with van der Waals surface area (Å²) in [7, 11) is 2.01. The maximum Gasteiger partial charge on any atom is -0.00114 e. The first-order valence-corrected chi connectivity index (χ1v) is 7.34. The lowest BCUT2D eigenvalue weighted by atomic mass is 9.71. The number of rotatable bonds is 4. The maximum atomic E-state index is 3.20. The fraction of sp³-hybridized carbons (Fsp3) is 0.647. The first-order chi connectivity index (χ1) is 8.61. The molecule has 1 nitrogen and oxygen atoms in total. The largest absolute Gasteiger partial charge is 0.319 e. The van der Waals surface area contributed by atoms with E-state index in [9.17, 15) is 0 Å². The van der Waals surface area contributed by atoms with Crippen molar-refractivity contribution in [2.24, 2.45) is 5.41 Å². The van der Waals surface area contributed by atoms with Crippen LogP contribution < -0.4 is 5.32 Å². The highest BCUT2D eigenvalue weighted by atomic mass is 14.8. The van der Waals surface area contributed by atoms with Crippen molar-refractivity contribution < 1.29 is 0 Å². The van der Waals surface area contributed by atoms with Crippen molar-refractivity contribution in [1.82, 2.24) is 5.32 Å². The zero-order chi connectivity index (χ0) is 13.0. The van der Waals surface area contributed by atoms with E-state index in [2.05, 4.69) is 43.4 Å². The number of hydrogen-bond donors (Lipinski definition) is 1. The lowest BCUT2D eigenvalue weighted by molar-refractivity contribution is 0.224. The van der Waals surface area contributed by atoms with Gasteiger partial charge in [-0.3, -0.25) is 0 Å². The third-order valence-electron chi connectivity index (χ3n) is 4.45. The fourth-order valence-corrected chi connectivity index (χ4v) is 2.96. The van der Waals surface area contributed by atoms with Crippen LogP contribution in [0.5, 0.6) is 0 Å². The highest BCUT2D eigenvalue weighted by Gasteiger charge is 2.27. The van der Waals surface area contributed by atoms with Gasteiger partial charge < -0.3 is 5.32 Å². The first kappa shape index (κ1) is 13.6. The van der Waals surface area contributed by atoms with Crippen LogP contribution in [0.1, 0.15) is 56.6 Å². The summed E-state index contributed by atoms with van der Waals surface area (Å²) in [4.78, 5) is 0. The molecule has 1 aromatic rings.